The molecule has 2 N–H and O–H groups in total. The van der Waals surface area contributed by atoms with Crippen LogP contribution in [0.1, 0.15) is 36.8 Å². The Morgan fingerprint density at radius 2 is 2.47 bits per heavy atom. The molecule has 2 rings (SSSR count). The van der Waals surface area contributed by atoms with Crippen molar-refractivity contribution in [3.05, 3.63) is 21.9 Å². The predicted octanol–water partition coefficient (Wildman–Crippen LogP) is 2.18. The minimum atomic E-state index is -0.0655. The van der Waals surface area contributed by atoms with Crippen molar-refractivity contribution in [1.29, 1.82) is 0 Å². The van der Waals surface area contributed by atoms with Gasteiger partial charge < -0.3 is 10.6 Å². The monoisotopic (exact) mass is 252 g/mol. The van der Waals surface area contributed by atoms with Crippen LogP contribution in [-0.2, 0) is 11.2 Å². The average Bonchev–Trinajstić information content (AvgIpc) is 2.83. The third kappa shape index (κ3) is 2.24. The molecule has 0 bridgehead atoms. The Morgan fingerprint density at radius 1 is 1.71 bits per heavy atom. The van der Waals surface area contributed by atoms with Gasteiger partial charge in [0, 0.05) is 23.9 Å². The van der Waals surface area contributed by atoms with E-state index < -0.39 is 0 Å². The summed E-state index contributed by atoms with van der Waals surface area (Å²) in [5.41, 5.74) is 6.94. The number of amides is 1. The second-order valence-corrected chi connectivity index (χ2v) is 5.64. The Hall–Kier alpha value is -0.870. The van der Waals surface area contributed by atoms with Gasteiger partial charge in [0.25, 0.3) is 0 Å². The Labute approximate surface area is 107 Å². The maximum atomic E-state index is 12.3. The number of fused-ring (bicyclic) bond motifs is 1. The lowest BCUT2D eigenvalue weighted by atomic mass is 9.96. The van der Waals surface area contributed by atoms with Crippen molar-refractivity contribution in [3.63, 3.8) is 0 Å². The van der Waals surface area contributed by atoms with Crippen LogP contribution in [0, 0.1) is 5.92 Å². The second-order valence-electron chi connectivity index (χ2n) is 4.64. The molecule has 3 nitrogen and oxygen atoms in total. The highest BCUT2D eigenvalue weighted by atomic mass is 32.1. The van der Waals surface area contributed by atoms with Gasteiger partial charge in [-0.2, -0.15) is 0 Å². The summed E-state index contributed by atoms with van der Waals surface area (Å²) >= 11 is 1.81. The van der Waals surface area contributed by atoms with Crippen molar-refractivity contribution in [2.24, 2.45) is 11.7 Å². The Kier molecular flexibility index (Phi) is 3.84. The zero-order valence-corrected chi connectivity index (χ0v) is 11.3. The van der Waals surface area contributed by atoms with Crippen LogP contribution in [-0.4, -0.2) is 23.9 Å². The van der Waals surface area contributed by atoms with Crippen LogP contribution in [0.15, 0.2) is 11.4 Å². The smallest absolute Gasteiger partial charge is 0.227 e. The number of nitrogens with zero attached hydrogens (tertiary/aromatic N) is 1. The number of carbonyl (C=O) groups is 1. The van der Waals surface area contributed by atoms with Crippen LogP contribution in [0.4, 0.5) is 0 Å². The van der Waals surface area contributed by atoms with E-state index >= 15 is 0 Å². The maximum Gasteiger partial charge on any atom is 0.227 e. The number of hydrogen-bond donors (Lipinski definition) is 1. The highest BCUT2D eigenvalue weighted by molar-refractivity contribution is 7.10. The largest absolute Gasteiger partial charge is 0.335 e. The Bertz CT molecular complexity index is 402. The highest BCUT2D eigenvalue weighted by Gasteiger charge is 2.31. The van der Waals surface area contributed by atoms with Crippen LogP contribution in [0.25, 0.3) is 0 Å². The number of carbonyl (C=O) groups excluding carboxylic acids is 1. The second kappa shape index (κ2) is 5.19. The first-order valence-corrected chi connectivity index (χ1v) is 7.13. The lowest BCUT2D eigenvalue weighted by Gasteiger charge is -2.37. The molecular formula is C13H20N2OS. The van der Waals surface area contributed by atoms with Gasteiger partial charge in [0.05, 0.1) is 6.04 Å². The number of rotatable bonds is 3. The van der Waals surface area contributed by atoms with E-state index in [0.717, 1.165) is 19.4 Å². The van der Waals surface area contributed by atoms with Gasteiger partial charge in [0.2, 0.25) is 5.91 Å². The van der Waals surface area contributed by atoms with Gasteiger partial charge >= 0.3 is 0 Å². The summed E-state index contributed by atoms with van der Waals surface area (Å²) in [5.74, 6) is 0.139. The van der Waals surface area contributed by atoms with Gasteiger partial charge in [0.15, 0.2) is 0 Å². The molecule has 17 heavy (non-hydrogen) atoms. The summed E-state index contributed by atoms with van der Waals surface area (Å²) in [6, 6.07) is 2.42. The first kappa shape index (κ1) is 12.6. The van der Waals surface area contributed by atoms with Crippen LogP contribution in [0.5, 0.6) is 0 Å². The molecule has 1 aliphatic heterocycles. The van der Waals surface area contributed by atoms with Gasteiger partial charge in [-0.3, -0.25) is 4.79 Å². The van der Waals surface area contributed by atoms with Crippen molar-refractivity contribution in [2.75, 3.05) is 13.1 Å². The molecular weight excluding hydrogens is 232 g/mol. The lowest BCUT2D eigenvalue weighted by Crippen LogP contribution is -2.43. The maximum absolute atomic E-state index is 12.3. The third-order valence-corrected chi connectivity index (χ3v) is 4.54. The van der Waals surface area contributed by atoms with E-state index in [-0.39, 0.29) is 17.9 Å². The van der Waals surface area contributed by atoms with Crippen LogP contribution in [0.2, 0.25) is 0 Å². The van der Waals surface area contributed by atoms with Gasteiger partial charge in [-0.1, -0.05) is 13.8 Å². The molecule has 4 heteroatoms. The van der Waals surface area contributed by atoms with E-state index in [4.69, 9.17) is 5.73 Å². The molecule has 0 fully saturated rings. The molecule has 1 aliphatic rings. The number of hydrogen-bond acceptors (Lipinski definition) is 3. The molecule has 0 aliphatic carbocycles. The fourth-order valence-electron chi connectivity index (χ4n) is 2.48. The molecule has 2 heterocycles. The number of nitrogens with two attached hydrogens (primary N) is 1. The Morgan fingerprint density at radius 3 is 3.12 bits per heavy atom. The molecule has 0 aromatic carbocycles. The SMILES string of the molecule is CCC1c2ccsc2CCN1C(=O)C(C)CN. The summed E-state index contributed by atoms with van der Waals surface area (Å²) in [7, 11) is 0. The van der Waals surface area contributed by atoms with E-state index in [1.165, 1.54) is 10.4 Å². The molecule has 0 spiro atoms. The van der Waals surface area contributed by atoms with Crippen molar-refractivity contribution in [2.45, 2.75) is 32.7 Å². The molecule has 94 valence electrons. The summed E-state index contributed by atoms with van der Waals surface area (Å²) in [6.07, 6.45) is 1.97. The number of thiophene rings is 1. The van der Waals surface area contributed by atoms with Crippen molar-refractivity contribution in [3.8, 4) is 0 Å². The van der Waals surface area contributed by atoms with Crippen molar-refractivity contribution in [1.82, 2.24) is 4.90 Å². The molecule has 1 aromatic heterocycles. The minimum Gasteiger partial charge on any atom is -0.335 e. The zero-order chi connectivity index (χ0) is 12.4. The normalized spacial score (nSPS) is 21.1. The quantitative estimate of drug-likeness (QED) is 0.896. The van der Waals surface area contributed by atoms with Gasteiger partial charge in [-0.15, -0.1) is 11.3 Å². The topological polar surface area (TPSA) is 46.3 Å². The lowest BCUT2D eigenvalue weighted by molar-refractivity contribution is -0.137. The van der Waals surface area contributed by atoms with E-state index in [9.17, 15) is 4.79 Å². The van der Waals surface area contributed by atoms with Crippen molar-refractivity contribution >= 4 is 17.2 Å². The van der Waals surface area contributed by atoms with E-state index in [1.807, 2.05) is 23.2 Å². The summed E-state index contributed by atoms with van der Waals surface area (Å²) < 4.78 is 0. The molecule has 2 atom stereocenters. The van der Waals surface area contributed by atoms with Gasteiger partial charge in [-0.05, 0) is 29.9 Å². The summed E-state index contributed by atoms with van der Waals surface area (Å²) in [4.78, 5) is 15.7. The fraction of sp³-hybridized carbons (Fsp3) is 0.615. The van der Waals surface area contributed by atoms with Crippen molar-refractivity contribution < 1.29 is 4.79 Å². The molecule has 0 saturated heterocycles. The predicted molar refractivity (Wildman–Crippen MR) is 71.0 cm³/mol. The Balaban J connectivity index is 2.23. The fourth-order valence-corrected chi connectivity index (χ4v) is 3.41. The molecule has 0 saturated carbocycles. The molecule has 2 unspecified atom stereocenters. The van der Waals surface area contributed by atoms with Crippen LogP contribution >= 0.6 is 11.3 Å². The van der Waals surface area contributed by atoms with Gasteiger partial charge in [0.1, 0.15) is 0 Å². The molecule has 1 amide bonds. The van der Waals surface area contributed by atoms with Crippen LogP contribution < -0.4 is 5.73 Å². The highest BCUT2D eigenvalue weighted by Crippen LogP contribution is 2.35. The summed E-state index contributed by atoms with van der Waals surface area (Å²) in [6.45, 7) is 5.33. The van der Waals surface area contributed by atoms with E-state index in [1.54, 1.807) is 0 Å². The standard InChI is InChI=1S/C13H20N2OS/c1-3-11-10-5-7-17-12(10)4-6-15(11)13(16)9(2)8-14/h5,7,9,11H,3-4,6,8,14H2,1-2H3. The third-order valence-electron chi connectivity index (χ3n) is 3.54. The van der Waals surface area contributed by atoms with E-state index in [0.29, 0.717) is 6.54 Å². The zero-order valence-electron chi connectivity index (χ0n) is 10.5. The first-order valence-electron chi connectivity index (χ1n) is 6.25. The first-order chi connectivity index (χ1) is 8.19. The van der Waals surface area contributed by atoms with Gasteiger partial charge in [-0.25, -0.2) is 0 Å². The molecule has 0 radical (unpaired) electrons. The average molecular weight is 252 g/mol. The van der Waals surface area contributed by atoms with E-state index in [2.05, 4.69) is 18.4 Å². The van der Waals surface area contributed by atoms with Crippen LogP contribution in [0.3, 0.4) is 0 Å². The molecule has 1 aromatic rings. The summed E-state index contributed by atoms with van der Waals surface area (Å²) in [5, 5.41) is 2.13. The minimum absolute atomic E-state index is 0.0655.